The van der Waals surface area contributed by atoms with E-state index in [0.29, 0.717) is 0 Å². The minimum Gasteiger partial charge on any atom is -0.309 e. The number of anilines is 12. The monoisotopic (exact) mass is 1430 g/mol. The Balaban J connectivity index is 0.870. The Morgan fingerprint density at radius 3 is 0.838 bits per heavy atom. The van der Waals surface area contributed by atoms with E-state index in [9.17, 15) is 0 Å². The number of nitrogens with zero attached hydrogens (tertiary/aromatic N) is 7. The third-order valence-electron chi connectivity index (χ3n) is 25.7. The number of hydrogen-bond acceptors (Lipinski definition) is 7. The van der Waals surface area contributed by atoms with Gasteiger partial charge in [0.1, 0.15) is 17.5 Å². The molecule has 0 amide bonds. The van der Waals surface area contributed by atoms with Crippen LogP contribution >= 0.6 is 0 Å². The summed E-state index contributed by atoms with van der Waals surface area (Å²) in [6.45, 7) is 23.9. The molecule has 0 saturated heterocycles. The van der Waals surface area contributed by atoms with E-state index in [-0.39, 0.29) is 21.7 Å². The zero-order valence-corrected chi connectivity index (χ0v) is 64.2. The summed E-state index contributed by atoms with van der Waals surface area (Å²) in [6, 6.07) is 114. The van der Waals surface area contributed by atoms with Crippen molar-refractivity contribution in [2.24, 2.45) is 0 Å². The fourth-order valence-electron chi connectivity index (χ4n) is 20.1. The predicted molar refractivity (Wildman–Crippen MR) is 461 cm³/mol. The van der Waals surface area contributed by atoms with Gasteiger partial charge in [-0.1, -0.05) is 239 Å². The number of para-hydroxylation sites is 1. The highest BCUT2D eigenvalue weighted by Gasteiger charge is 2.43. The molecule has 5 aliphatic rings. The van der Waals surface area contributed by atoms with E-state index < -0.39 is 5.41 Å². The minimum absolute atomic E-state index is 0.203. The Morgan fingerprint density at radius 2 is 0.450 bits per heavy atom. The van der Waals surface area contributed by atoms with Crippen molar-refractivity contribution in [3.8, 4) is 55.6 Å². The Kier molecular flexibility index (Phi) is 14.3. The quantitative estimate of drug-likeness (QED) is 0.0892. The molecule has 21 rings (SSSR count). The second kappa shape index (κ2) is 24.0. The van der Waals surface area contributed by atoms with E-state index in [1.54, 1.807) is 0 Å². The largest absolute Gasteiger partial charge is 0.309 e. The normalized spacial score (nSPS) is 15.1. The summed E-state index contributed by atoms with van der Waals surface area (Å²) < 4.78 is 0. The number of pyridine rings is 3. The lowest BCUT2D eigenvalue weighted by atomic mass is 9.81. The molecular weight excluding hydrogens is 1350 g/mol. The lowest BCUT2D eigenvalue weighted by Crippen LogP contribution is -2.19. The summed E-state index contributed by atoms with van der Waals surface area (Å²) in [5, 5.41) is 4.28. The van der Waals surface area contributed by atoms with E-state index in [0.717, 1.165) is 90.2 Å². The molecule has 534 valence electrons. The summed E-state index contributed by atoms with van der Waals surface area (Å²) in [5.41, 5.74) is 33.3. The van der Waals surface area contributed by atoms with Gasteiger partial charge in [-0.25, -0.2) is 15.0 Å². The van der Waals surface area contributed by atoms with E-state index in [1.807, 2.05) is 36.8 Å². The van der Waals surface area contributed by atoms with Gasteiger partial charge in [0.25, 0.3) is 0 Å². The fraction of sp³-hybridized carbons (Fsp3) is 0.144. The molecule has 0 bridgehead atoms. The highest BCUT2D eigenvalue weighted by molar-refractivity contribution is 6.25. The van der Waals surface area contributed by atoms with Crippen LogP contribution in [0.15, 0.2) is 322 Å². The first-order valence-electron chi connectivity index (χ1n) is 39.0. The second-order valence-electron chi connectivity index (χ2n) is 33.6. The van der Waals surface area contributed by atoms with Crippen LogP contribution in [-0.4, -0.2) is 15.0 Å². The van der Waals surface area contributed by atoms with Crippen molar-refractivity contribution in [1.82, 2.24) is 15.0 Å². The van der Waals surface area contributed by atoms with Crippen LogP contribution in [0.4, 0.5) is 68.6 Å². The number of rotatable bonds is 12. The van der Waals surface area contributed by atoms with E-state index in [4.69, 9.17) is 15.0 Å². The van der Waals surface area contributed by atoms with E-state index in [1.165, 1.54) is 111 Å². The molecule has 7 nitrogen and oxygen atoms in total. The molecule has 0 aliphatic heterocycles. The van der Waals surface area contributed by atoms with Crippen LogP contribution in [-0.2, 0) is 27.1 Å². The molecule has 0 N–H and O–H groups in total. The third-order valence-corrected chi connectivity index (χ3v) is 25.7. The molecule has 0 saturated carbocycles. The summed E-state index contributed by atoms with van der Waals surface area (Å²) >= 11 is 0. The van der Waals surface area contributed by atoms with Gasteiger partial charge in [0, 0.05) is 107 Å². The Bertz CT molecular complexity index is 6570. The number of benzene rings is 13. The molecule has 0 spiro atoms. The molecular formula is C104H83N7. The highest BCUT2D eigenvalue weighted by Crippen LogP contribution is 2.61. The maximum absolute atomic E-state index is 5.48. The second-order valence-corrected chi connectivity index (χ2v) is 33.6. The van der Waals surface area contributed by atoms with Crippen LogP contribution in [0.2, 0.25) is 0 Å². The van der Waals surface area contributed by atoms with Crippen LogP contribution in [0, 0.1) is 0 Å². The lowest BCUT2D eigenvalue weighted by molar-refractivity contribution is 0.660. The van der Waals surface area contributed by atoms with Crippen molar-refractivity contribution < 1.29 is 0 Å². The molecule has 3 aromatic heterocycles. The SMILES string of the molecule is CC1(C)c2ccccc2-c2ccc(N(c3ccc4c(c3)C(C)(C)c3cc5c(N(c6ccccc6)c6ccc7c(c6)C(C)(C)c6ccccc6-7)c6ccc(N(c7ccc8c(c7)C(C)(C)c7ccccc7-8)c7ccccn7)cc6c(N(c6ccc7c(c6)C(C)(C)c6ccccc6-7)c6ccccn6)c5cc3-4)c3ccccn3)cc21. The summed E-state index contributed by atoms with van der Waals surface area (Å²) in [7, 11) is 0. The highest BCUT2D eigenvalue weighted by atomic mass is 15.2. The fourth-order valence-corrected chi connectivity index (χ4v) is 20.1. The van der Waals surface area contributed by atoms with Gasteiger partial charge in [0.15, 0.2) is 0 Å². The first-order chi connectivity index (χ1) is 53.8. The zero-order valence-electron chi connectivity index (χ0n) is 64.2. The van der Waals surface area contributed by atoms with Crippen LogP contribution in [0.3, 0.4) is 0 Å². The maximum atomic E-state index is 5.48. The first-order valence-corrected chi connectivity index (χ1v) is 39.0. The summed E-state index contributed by atoms with van der Waals surface area (Å²) in [4.78, 5) is 25.7. The van der Waals surface area contributed by atoms with Crippen molar-refractivity contribution in [3.63, 3.8) is 0 Å². The van der Waals surface area contributed by atoms with Crippen LogP contribution < -0.4 is 19.6 Å². The van der Waals surface area contributed by atoms with E-state index >= 15 is 0 Å². The van der Waals surface area contributed by atoms with Crippen LogP contribution in [0.1, 0.15) is 125 Å². The Labute approximate surface area is 650 Å². The van der Waals surface area contributed by atoms with Crippen molar-refractivity contribution in [3.05, 3.63) is 378 Å². The lowest BCUT2D eigenvalue weighted by Gasteiger charge is -2.34. The predicted octanol–water partition coefficient (Wildman–Crippen LogP) is 27.6. The third kappa shape index (κ3) is 9.67. The average Bonchev–Trinajstić information content (AvgIpc) is 1.34. The summed E-state index contributed by atoms with van der Waals surface area (Å²) in [5.74, 6) is 2.46. The van der Waals surface area contributed by atoms with Crippen molar-refractivity contribution in [2.45, 2.75) is 96.3 Å². The molecule has 111 heavy (non-hydrogen) atoms. The molecule has 0 atom stereocenters. The first kappa shape index (κ1) is 66.3. The van der Waals surface area contributed by atoms with Crippen LogP contribution in [0.5, 0.6) is 0 Å². The number of aromatic nitrogens is 3. The smallest absolute Gasteiger partial charge is 0.137 e. The average molecular weight is 1430 g/mol. The molecule has 0 fully saturated rings. The maximum Gasteiger partial charge on any atom is 0.137 e. The number of hydrogen-bond donors (Lipinski definition) is 0. The topological polar surface area (TPSA) is 51.6 Å². The molecule has 0 unspecified atom stereocenters. The van der Waals surface area contributed by atoms with Gasteiger partial charge < -0.3 is 4.90 Å². The Hall–Kier alpha value is -13.0. The molecule has 3 heterocycles. The molecule has 7 heteroatoms. The molecule has 16 aromatic rings. The Morgan fingerprint density at radius 1 is 0.180 bits per heavy atom. The summed E-state index contributed by atoms with van der Waals surface area (Å²) in [6.07, 6.45) is 5.78. The van der Waals surface area contributed by atoms with Gasteiger partial charge in [0.05, 0.1) is 11.4 Å². The van der Waals surface area contributed by atoms with Gasteiger partial charge in [-0.2, -0.15) is 0 Å². The zero-order chi connectivity index (χ0) is 75.2. The number of fused-ring (bicyclic) bond motifs is 17. The van der Waals surface area contributed by atoms with Gasteiger partial charge in [0.2, 0.25) is 0 Å². The van der Waals surface area contributed by atoms with Crippen molar-refractivity contribution >= 4 is 90.2 Å². The molecule has 13 aromatic carbocycles. The van der Waals surface area contributed by atoms with Gasteiger partial charge in [-0.3, -0.25) is 14.7 Å². The van der Waals surface area contributed by atoms with Crippen molar-refractivity contribution in [2.75, 3.05) is 19.6 Å². The van der Waals surface area contributed by atoms with Gasteiger partial charge >= 0.3 is 0 Å². The van der Waals surface area contributed by atoms with E-state index in [2.05, 4.69) is 374 Å². The minimum atomic E-state index is -0.514. The van der Waals surface area contributed by atoms with Gasteiger partial charge in [-0.15, -0.1) is 0 Å². The molecule has 5 aliphatic carbocycles. The molecule has 0 radical (unpaired) electrons. The standard InChI is InChI=1S/C104H83N7/c1-100(2)85-34-18-14-30-71(85)75-47-41-66(57-89(75)100)108(95-38-22-25-53-105-95)65-46-52-80-82(56-65)99(111(97-40-24-27-55-107-97)70-45-50-78-74-33-17-21-37-88(74)103(7,8)92(78)61-70)83-62-81-79-51-43-68(109(96-39-23-26-54-106-96)67-42-48-76-72-31-15-19-35-86(72)101(3,4)90(76)58-67)59-93(79)104(9,10)94(81)63-84(83)98(80)110(64-28-12-11-13-29-64)69-44-49-77-73-32-16-20-36-87(73)102(5,6)91(77)60-69/h11-63H,1-10H3. The van der Waals surface area contributed by atoms with Gasteiger partial charge in [-0.05, 0) is 245 Å². The van der Waals surface area contributed by atoms with Crippen molar-refractivity contribution in [1.29, 1.82) is 0 Å². The van der Waals surface area contributed by atoms with Crippen LogP contribution in [0.25, 0.3) is 77.2 Å².